The summed E-state index contributed by atoms with van der Waals surface area (Å²) < 4.78 is 1.66. The van der Waals surface area contributed by atoms with Gasteiger partial charge in [-0.2, -0.15) is 0 Å². The molecule has 0 fully saturated rings. The van der Waals surface area contributed by atoms with Crippen LogP contribution in [-0.2, 0) is 0 Å². The van der Waals surface area contributed by atoms with Gasteiger partial charge in [-0.3, -0.25) is 4.79 Å². The van der Waals surface area contributed by atoms with Gasteiger partial charge < -0.3 is 4.98 Å². The Bertz CT molecular complexity index is 557. The van der Waals surface area contributed by atoms with Gasteiger partial charge in [-0.15, -0.1) is 11.3 Å². The summed E-state index contributed by atoms with van der Waals surface area (Å²) in [5, 5.41) is 0. The Balaban J connectivity index is 3.21. The van der Waals surface area contributed by atoms with Gasteiger partial charge in [0.15, 0.2) is 0 Å². The summed E-state index contributed by atoms with van der Waals surface area (Å²) in [4.78, 5) is 14.4. The maximum atomic E-state index is 11.6. The third kappa shape index (κ3) is 3.35. The molecule has 0 aromatic carbocycles. The van der Waals surface area contributed by atoms with E-state index in [4.69, 9.17) is 0 Å². The highest BCUT2D eigenvalue weighted by molar-refractivity contribution is 7.07. The third-order valence-corrected chi connectivity index (χ3v) is 3.20. The van der Waals surface area contributed by atoms with E-state index in [-0.39, 0.29) is 5.56 Å². The molecule has 0 aliphatic rings. The predicted octanol–water partition coefficient (Wildman–Crippen LogP) is 1.93. The lowest BCUT2D eigenvalue weighted by Crippen LogP contribution is -2.19. The fourth-order valence-electron chi connectivity index (χ4n) is 1.22. The monoisotopic (exact) mass is 235 g/mol. The number of hydrogen-bond acceptors (Lipinski definition) is 2. The molecule has 1 aromatic rings. The van der Waals surface area contributed by atoms with Gasteiger partial charge in [0.25, 0.3) is 5.56 Å². The Morgan fingerprint density at radius 3 is 2.69 bits per heavy atom. The minimum atomic E-state index is -0.0117. The van der Waals surface area contributed by atoms with E-state index in [2.05, 4.69) is 18.0 Å². The van der Waals surface area contributed by atoms with Crippen LogP contribution in [0.4, 0.5) is 0 Å². The van der Waals surface area contributed by atoms with Crippen LogP contribution >= 0.6 is 11.3 Å². The first kappa shape index (κ1) is 12.7. The number of rotatable bonds is 3. The lowest BCUT2D eigenvalue weighted by molar-refractivity contribution is 1.22. The first-order valence-corrected chi connectivity index (χ1v) is 6.23. The van der Waals surface area contributed by atoms with Gasteiger partial charge >= 0.3 is 0 Å². The van der Waals surface area contributed by atoms with E-state index in [0.29, 0.717) is 0 Å². The van der Waals surface area contributed by atoms with E-state index >= 15 is 0 Å². The lowest BCUT2D eigenvalue weighted by atomic mass is 10.2. The number of H-pyrrole nitrogens is 1. The number of thiazole rings is 1. The number of aromatic amines is 1. The SMILES string of the molecule is C/C=C(\C=C/CC)/C=c1\s/c(=C/C)[nH]c1=O. The first-order valence-electron chi connectivity index (χ1n) is 5.41. The molecule has 0 aliphatic carbocycles. The molecule has 0 aliphatic heterocycles. The highest BCUT2D eigenvalue weighted by Crippen LogP contribution is 1.99. The molecule has 0 unspecified atom stereocenters. The van der Waals surface area contributed by atoms with Crippen molar-refractivity contribution < 1.29 is 0 Å². The Hall–Kier alpha value is -1.35. The van der Waals surface area contributed by atoms with Gasteiger partial charge in [-0.25, -0.2) is 0 Å². The Kier molecular flexibility index (Phi) is 4.99. The van der Waals surface area contributed by atoms with E-state index < -0.39 is 0 Å². The highest BCUT2D eigenvalue weighted by Gasteiger charge is 1.93. The van der Waals surface area contributed by atoms with Crippen LogP contribution in [-0.4, -0.2) is 4.98 Å². The van der Waals surface area contributed by atoms with Crippen LogP contribution in [0.2, 0.25) is 0 Å². The smallest absolute Gasteiger partial charge is 0.266 e. The van der Waals surface area contributed by atoms with Gasteiger partial charge in [-0.1, -0.05) is 31.2 Å². The van der Waals surface area contributed by atoms with Gasteiger partial charge in [-0.05, 0) is 31.9 Å². The van der Waals surface area contributed by atoms with Crippen molar-refractivity contribution >= 4 is 23.5 Å². The van der Waals surface area contributed by atoms with Gasteiger partial charge in [0.2, 0.25) is 0 Å². The van der Waals surface area contributed by atoms with Crippen LogP contribution in [0.5, 0.6) is 0 Å². The van der Waals surface area contributed by atoms with Crippen molar-refractivity contribution in [2.45, 2.75) is 27.2 Å². The van der Waals surface area contributed by atoms with Crippen molar-refractivity contribution in [1.29, 1.82) is 0 Å². The van der Waals surface area contributed by atoms with Crippen molar-refractivity contribution in [2.75, 3.05) is 0 Å². The second-order valence-electron chi connectivity index (χ2n) is 3.32. The average Bonchev–Trinajstić information content (AvgIpc) is 2.65. The maximum absolute atomic E-state index is 11.6. The van der Waals surface area contributed by atoms with Gasteiger partial charge in [0.1, 0.15) is 0 Å². The predicted molar refractivity (Wildman–Crippen MR) is 72.0 cm³/mol. The second-order valence-corrected chi connectivity index (χ2v) is 4.40. The second kappa shape index (κ2) is 6.28. The summed E-state index contributed by atoms with van der Waals surface area (Å²) in [5.74, 6) is 0. The number of hydrogen-bond donors (Lipinski definition) is 1. The van der Waals surface area contributed by atoms with Crippen LogP contribution in [0.3, 0.4) is 0 Å². The molecular formula is C13H17NOS. The molecule has 3 heteroatoms. The minimum absolute atomic E-state index is 0.0117. The Morgan fingerprint density at radius 1 is 1.44 bits per heavy atom. The Morgan fingerprint density at radius 2 is 2.19 bits per heavy atom. The van der Waals surface area contributed by atoms with E-state index in [1.807, 2.05) is 38.2 Å². The molecule has 1 rings (SSSR count). The van der Waals surface area contributed by atoms with Crippen LogP contribution in [0.15, 0.2) is 28.6 Å². The summed E-state index contributed by atoms with van der Waals surface area (Å²) in [7, 11) is 0. The number of allylic oxidation sites excluding steroid dienone is 4. The third-order valence-electron chi connectivity index (χ3n) is 2.12. The highest BCUT2D eigenvalue weighted by atomic mass is 32.1. The van der Waals surface area contributed by atoms with Crippen LogP contribution in [0, 0.1) is 0 Å². The van der Waals surface area contributed by atoms with Crippen molar-refractivity contribution in [2.24, 2.45) is 0 Å². The molecule has 16 heavy (non-hydrogen) atoms. The summed E-state index contributed by atoms with van der Waals surface area (Å²) in [6.07, 6.45) is 10.9. The fourth-order valence-corrected chi connectivity index (χ4v) is 2.06. The van der Waals surface area contributed by atoms with E-state index in [9.17, 15) is 4.79 Å². The van der Waals surface area contributed by atoms with Crippen molar-refractivity contribution in [1.82, 2.24) is 4.98 Å². The average molecular weight is 235 g/mol. The first-order chi connectivity index (χ1) is 7.71. The molecule has 1 N–H and O–H groups in total. The standard InChI is InChI=1S/C13H17NOS/c1-4-7-8-10(5-2)9-11-13(15)14-12(6-3)16-11/h5-9H,4H2,1-3H3,(H,14,15)/b8-7-,10-5+,11-9-,12-6+. The van der Waals surface area contributed by atoms with E-state index in [0.717, 1.165) is 21.2 Å². The maximum Gasteiger partial charge on any atom is 0.266 e. The molecule has 0 saturated carbocycles. The summed E-state index contributed by atoms with van der Waals surface area (Å²) >= 11 is 1.48. The van der Waals surface area contributed by atoms with E-state index in [1.54, 1.807) is 0 Å². The largest absolute Gasteiger partial charge is 0.313 e. The molecule has 86 valence electrons. The molecule has 1 aromatic heterocycles. The van der Waals surface area contributed by atoms with E-state index in [1.165, 1.54) is 11.3 Å². The molecule has 1 heterocycles. The molecule has 0 amide bonds. The molecular weight excluding hydrogens is 218 g/mol. The van der Waals surface area contributed by atoms with Crippen LogP contribution < -0.4 is 14.8 Å². The Labute approximate surface area is 99.3 Å². The van der Waals surface area contributed by atoms with Crippen LogP contribution in [0.25, 0.3) is 12.2 Å². The van der Waals surface area contributed by atoms with Crippen molar-refractivity contribution in [3.05, 3.63) is 43.4 Å². The quantitative estimate of drug-likeness (QED) is 0.798. The molecule has 0 atom stereocenters. The minimum Gasteiger partial charge on any atom is -0.313 e. The number of aromatic nitrogens is 1. The zero-order valence-corrected chi connectivity index (χ0v) is 10.7. The normalized spacial score (nSPS) is 15.3. The molecule has 0 bridgehead atoms. The lowest BCUT2D eigenvalue weighted by Gasteiger charge is -1.88. The van der Waals surface area contributed by atoms with Crippen molar-refractivity contribution in [3.8, 4) is 0 Å². The zero-order valence-electron chi connectivity index (χ0n) is 9.91. The van der Waals surface area contributed by atoms with Crippen LogP contribution in [0.1, 0.15) is 27.2 Å². The summed E-state index contributed by atoms with van der Waals surface area (Å²) in [6.45, 7) is 5.98. The van der Waals surface area contributed by atoms with Gasteiger partial charge in [0.05, 0.1) is 9.20 Å². The summed E-state index contributed by atoms with van der Waals surface area (Å²) in [6, 6.07) is 0. The van der Waals surface area contributed by atoms with Gasteiger partial charge in [0, 0.05) is 0 Å². The zero-order chi connectivity index (χ0) is 12.0. The molecule has 0 spiro atoms. The molecule has 0 radical (unpaired) electrons. The molecule has 2 nitrogen and oxygen atoms in total. The topological polar surface area (TPSA) is 32.9 Å². The number of nitrogens with one attached hydrogen (secondary N) is 1. The van der Waals surface area contributed by atoms with Crippen molar-refractivity contribution in [3.63, 3.8) is 0 Å². The fraction of sp³-hybridized carbons (Fsp3) is 0.308. The molecule has 0 saturated heterocycles. The summed E-state index contributed by atoms with van der Waals surface area (Å²) in [5.41, 5.74) is 1.05.